The van der Waals surface area contributed by atoms with Crippen molar-refractivity contribution in [3.8, 4) is 0 Å². The van der Waals surface area contributed by atoms with E-state index in [0.29, 0.717) is 0 Å². The fourth-order valence-corrected chi connectivity index (χ4v) is 6.63. The van der Waals surface area contributed by atoms with Crippen LogP contribution in [-0.2, 0) is 18.9 Å². The zero-order valence-corrected chi connectivity index (χ0v) is 21.8. The highest BCUT2D eigenvalue weighted by molar-refractivity contribution is 6.36. The summed E-state index contributed by atoms with van der Waals surface area (Å²) in [4.78, 5) is 6.67. The third-order valence-corrected chi connectivity index (χ3v) is 8.38. The van der Waals surface area contributed by atoms with Gasteiger partial charge in [0.2, 0.25) is 0 Å². The van der Waals surface area contributed by atoms with E-state index in [1.165, 1.54) is 30.6 Å². The van der Waals surface area contributed by atoms with Crippen LogP contribution in [0.5, 0.6) is 0 Å². The van der Waals surface area contributed by atoms with Crippen LogP contribution in [-0.4, -0.2) is 75.4 Å². The Morgan fingerprint density at radius 3 is 1.55 bits per heavy atom. The number of pyridine rings is 1. The first-order valence-electron chi connectivity index (χ1n) is 11.4. The molecule has 0 aliphatic rings. The highest BCUT2D eigenvalue weighted by atomic mass is 28.2. The van der Waals surface area contributed by atoms with Gasteiger partial charge in [0, 0.05) is 57.6 Å². The van der Waals surface area contributed by atoms with E-state index in [1.54, 1.807) is 0 Å². The molecule has 29 heavy (non-hydrogen) atoms. The van der Waals surface area contributed by atoms with Crippen molar-refractivity contribution in [1.29, 1.82) is 0 Å². The van der Waals surface area contributed by atoms with Crippen LogP contribution in [0.3, 0.4) is 0 Å². The van der Waals surface area contributed by atoms with E-state index in [9.17, 15) is 0 Å². The van der Waals surface area contributed by atoms with Crippen LogP contribution in [0, 0.1) is 0 Å². The standard InChI is InChI=1S/C21H42N2O4Si2/c1-5-24-20(25-6-2)28-17-9-15-23(19-11-13-22-14-12-19)16-10-18-29-21(26-7-3)27-8-4/h11-14,20-21H,5-10,15-18,28-29H2,1-4H3. The van der Waals surface area contributed by atoms with Gasteiger partial charge < -0.3 is 23.8 Å². The van der Waals surface area contributed by atoms with Crippen molar-refractivity contribution in [2.75, 3.05) is 44.4 Å². The molecule has 0 atom stereocenters. The Balaban J connectivity index is 2.43. The van der Waals surface area contributed by atoms with Crippen LogP contribution in [0.15, 0.2) is 24.5 Å². The van der Waals surface area contributed by atoms with Crippen molar-refractivity contribution in [2.45, 2.75) is 64.5 Å². The van der Waals surface area contributed by atoms with Gasteiger partial charge >= 0.3 is 0 Å². The summed E-state index contributed by atoms with van der Waals surface area (Å²) in [5.41, 5.74) is 1.26. The normalized spacial score (nSPS) is 12.3. The second kappa shape index (κ2) is 18.0. The summed E-state index contributed by atoms with van der Waals surface area (Å²) >= 11 is 0. The molecule has 6 nitrogen and oxygen atoms in total. The number of rotatable bonds is 19. The molecule has 1 rings (SSSR count). The number of nitrogens with zero attached hydrogens (tertiary/aromatic N) is 2. The molecule has 0 saturated carbocycles. The Morgan fingerprint density at radius 2 is 1.17 bits per heavy atom. The maximum absolute atomic E-state index is 5.71. The molecule has 1 heterocycles. The smallest absolute Gasteiger partial charge is 0.134 e. The van der Waals surface area contributed by atoms with E-state index in [4.69, 9.17) is 18.9 Å². The lowest BCUT2D eigenvalue weighted by atomic mass is 10.3. The monoisotopic (exact) mass is 442 g/mol. The zero-order chi connectivity index (χ0) is 21.2. The van der Waals surface area contributed by atoms with Gasteiger partial charge in [-0.2, -0.15) is 0 Å². The molecule has 0 N–H and O–H groups in total. The van der Waals surface area contributed by atoms with E-state index in [2.05, 4.69) is 22.0 Å². The molecule has 0 aliphatic heterocycles. The fraction of sp³-hybridized carbons (Fsp3) is 0.762. The lowest BCUT2D eigenvalue weighted by Gasteiger charge is -2.25. The molecule has 0 aliphatic carbocycles. The van der Waals surface area contributed by atoms with Crippen molar-refractivity contribution in [2.24, 2.45) is 0 Å². The van der Waals surface area contributed by atoms with Gasteiger partial charge in [0.05, 0.1) is 19.0 Å². The number of aromatic nitrogens is 1. The van der Waals surface area contributed by atoms with Crippen LogP contribution >= 0.6 is 0 Å². The fourth-order valence-electron chi connectivity index (χ4n) is 3.33. The summed E-state index contributed by atoms with van der Waals surface area (Å²) < 4.78 is 22.9. The highest BCUT2D eigenvalue weighted by Gasteiger charge is 2.12. The van der Waals surface area contributed by atoms with Gasteiger partial charge in [-0.1, -0.05) is 12.1 Å². The summed E-state index contributed by atoms with van der Waals surface area (Å²) in [6.45, 7) is 13.2. The molecular weight excluding hydrogens is 400 g/mol. The molecule has 8 heteroatoms. The lowest BCUT2D eigenvalue weighted by molar-refractivity contribution is -0.0829. The van der Waals surface area contributed by atoms with E-state index in [0.717, 1.165) is 39.5 Å². The second-order valence-electron chi connectivity index (χ2n) is 6.86. The number of ether oxygens (including phenoxy) is 4. The first-order chi connectivity index (χ1) is 14.2. The second-order valence-corrected chi connectivity index (χ2v) is 10.8. The van der Waals surface area contributed by atoms with Gasteiger partial charge in [0.25, 0.3) is 0 Å². The van der Waals surface area contributed by atoms with Crippen LogP contribution in [0.2, 0.25) is 12.1 Å². The van der Waals surface area contributed by atoms with E-state index >= 15 is 0 Å². The minimum absolute atomic E-state index is 0.0689. The van der Waals surface area contributed by atoms with Gasteiger partial charge in [-0.15, -0.1) is 0 Å². The predicted octanol–water partition coefficient (Wildman–Crippen LogP) is 2.56. The van der Waals surface area contributed by atoms with E-state index < -0.39 is 0 Å². The quantitative estimate of drug-likeness (QED) is 0.186. The summed E-state index contributed by atoms with van der Waals surface area (Å²) in [5, 5.41) is 0. The average Bonchev–Trinajstić information content (AvgIpc) is 2.73. The molecule has 0 spiro atoms. The first-order valence-corrected chi connectivity index (χ1v) is 15.0. The number of hydrogen-bond acceptors (Lipinski definition) is 6. The molecule has 0 saturated heterocycles. The Labute approximate surface area is 182 Å². The van der Waals surface area contributed by atoms with Gasteiger partial charge in [-0.25, -0.2) is 0 Å². The maximum Gasteiger partial charge on any atom is 0.134 e. The summed E-state index contributed by atoms with van der Waals surface area (Å²) in [6, 6.07) is 6.69. The van der Waals surface area contributed by atoms with Gasteiger partial charge in [-0.3, -0.25) is 4.98 Å². The molecule has 0 radical (unpaired) electrons. The Hall–Kier alpha value is -0.776. The van der Waals surface area contributed by atoms with Crippen molar-refractivity contribution in [1.82, 2.24) is 4.98 Å². The van der Waals surface area contributed by atoms with Gasteiger partial charge in [-0.05, 0) is 52.7 Å². The first kappa shape index (κ1) is 26.3. The minimum Gasteiger partial charge on any atom is -0.371 e. The number of hydrogen-bond donors (Lipinski definition) is 0. The van der Waals surface area contributed by atoms with Crippen LogP contribution < -0.4 is 4.90 Å². The summed E-state index contributed by atoms with van der Waals surface area (Å²) in [7, 11) is -0.751. The van der Waals surface area contributed by atoms with E-state index in [1.807, 2.05) is 40.1 Å². The lowest BCUT2D eigenvalue weighted by Crippen LogP contribution is -2.29. The molecule has 0 unspecified atom stereocenters. The molecule has 0 amide bonds. The van der Waals surface area contributed by atoms with Crippen molar-refractivity contribution < 1.29 is 18.9 Å². The molecule has 1 aromatic rings. The molecular formula is C21H42N2O4Si2. The van der Waals surface area contributed by atoms with Crippen molar-refractivity contribution in [3.05, 3.63) is 24.5 Å². The third-order valence-electron chi connectivity index (χ3n) is 4.67. The predicted molar refractivity (Wildman–Crippen MR) is 126 cm³/mol. The number of anilines is 1. The highest BCUT2D eigenvalue weighted by Crippen LogP contribution is 2.15. The SMILES string of the molecule is CCOC(OCC)[SiH2]CCCN(CCC[SiH2]C(OCC)OCC)c1ccncc1. The molecule has 1 aromatic heterocycles. The summed E-state index contributed by atoms with van der Waals surface area (Å²) in [5.74, 6) is 0.138. The Morgan fingerprint density at radius 1 is 0.759 bits per heavy atom. The van der Waals surface area contributed by atoms with Crippen LogP contribution in [0.1, 0.15) is 40.5 Å². The minimum atomic E-state index is -0.375. The topological polar surface area (TPSA) is 53.1 Å². The Kier molecular flexibility index (Phi) is 16.3. The summed E-state index contributed by atoms with van der Waals surface area (Å²) in [6.07, 6.45) is 6.13. The maximum atomic E-state index is 5.71. The molecule has 0 aromatic carbocycles. The molecule has 168 valence electrons. The van der Waals surface area contributed by atoms with E-state index in [-0.39, 0.29) is 30.9 Å². The van der Waals surface area contributed by atoms with Crippen molar-refractivity contribution in [3.63, 3.8) is 0 Å². The molecule has 0 bridgehead atoms. The van der Waals surface area contributed by atoms with Gasteiger partial charge in [0.15, 0.2) is 0 Å². The zero-order valence-electron chi connectivity index (χ0n) is 19.0. The third kappa shape index (κ3) is 12.5. The van der Waals surface area contributed by atoms with Crippen LogP contribution in [0.25, 0.3) is 0 Å². The van der Waals surface area contributed by atoms with Crippen LogP contribution in [0.4, 0.5) is 5.69 Å². The van der Waals surface area contributed by atoms with Crippen molar-refractivity contribution >= 4 is 24.7 Å². The average molecular weight is 443 g/mol. The Bertz CT molecular complexity index is 449. The van der Waals surface area contributed by atoms with Gasteiger partial charge in [0.1, 0.15) is 11.8 Å². The largest absolute Gasteiger partial charge is 0.371 e. The molecule has 0 fully saturated rings.